The monoisotopic (exact) mass is 422 g/mol. The molecule has 3 nitrogen and oxygen atoms in total. The summed E-state index contributed by atoms with van der Waals surface area (Å²) in [7, 11) is -1.89. The van der Waals surface area contributed by atoms with Crippen LogP contribution in [0.3, 0.4) is 0 Å². The Hall–Kier alpha value is -1.27. The van der Waals surface area contributed by atoms with Crippen LogP contribution < -0.4 is 0 Å². The van der Waals surface area contributed by atoms with E-state index in [0.29, 0.717) is 13.2 Å². The number of aliphatic hydroxyl groups excluding tert-OH is 1. The van der Waals surface area contributed by atoms with E-state index in [-0.39, 0.29) is 17.0 Å². The molecule has 1 aromatic rings. The van der Waals surface area contributed by atoms with Crippen LogP contribution in [-0.4, -0.2) is 32.2 Å². The minimum atomic E-state index is -1.89. The third-order valence-corrected chi connectivity index (χ3v) is 9.93. The first-order valence-corrected chi connectivity index (χ1v) is 13.4. The number of halogens is 1. The van der Waals surface area contributed by atoms with E-state index >= 15 is 0 Å². The molecule has 0 aromatic heterocycles. The van der Waals surface area contributed by atoms with Gasteiger partial charge >= 0.3 is 0 Å². The van der Waals surface area contributed by atoms with Crippen LogP contribution in [0, 0.1) is 5.82 Å². The maximum Gasteiger partial charge on any atom is 0.192 e. The van der Waals surface area contributed by atoms with Gasteiger partial charge in [-0.15, -0.1) is 6.58 Å². The van der Waals surface area contributed by atoms with E-state index < -0.39 is 14.4 Å². The Bertz CT molecular complexity index is 645. The number of ether oxygens (including phenoxy) is 1. The summed E-state index contributed by atoms with van der Waals surface area (Å²) in [4.78, 5) is 0. The fourth-order valence-electron chi connectivity index (χ4n) is 2.75. The third kappa shape index (κ3) is 9.85. The number of hydrogen-bond donors (Lipinski definition) is 1. The summed E-state index contributed by atoms with van der Waals surface area (Å²) in [6.07, 6.45) is 5.65. The van der Waals surface area contributed by atoms with Crippen molar-refractivity contribution in [2.75, 3.05) is 6.61 Å². The second-order valence-corrected chi connectivity index (χ2v) is 14.0. The molecule has 0 amide bonds. The van der Waals surface area contributed by atoms with Crippen LogP contribution in [0.15, 0.2) is 48.6 Å². The molecule has 0 saturated heterocycles. The molecule has 0 heterocycles. The summed E-state index contributed by atoms with van der Waals surface area (Å²) < 4.78 is 25.2. The van der Waals surface area contributed by atoms with Gasteiger partial charge in [0.1, 0.15) is 5.82 Å². The average Bonchev–Trinajstić information content (AvgIpc) is 2.60. The fraction of sp³-hybridized carbons (Fsp3) is 0.583. The van der Waals surface area contributed by atoms with Crippen molar-refractivity contribution in [3.63, 3.8) is 0 Å². The predicted molar refractivity (Wildman–Crippen MR) is 122 cm³/mol. The third-order valence-electron chi connectivity index (χ3n) is 5.42. The molecule has 1 aromatic carbocycles. The van der Waals surface area contributed by atoms with E-state index in [1.165, 1.54) is 12.1 Å². The highest BCUT2D eigenvalue weighted by atomic mass is 28.4. The molecule has 1 N–H and O–H groups in total. The summed E-state index contributed by atoms with van der Waals surface area (Å²) in [5.41, 5.74) is 2.12. The highest BCUT2D eigenvalue weighted by molar-refractivity contribution is 6.74. The molecule has 2 atom stereocenters. The zero-order chi connectivity index (χ0) is 22.1. The van der Waals surface area contributed by atoms with Gasteiger partial charge < -0.3 is 14.3 Å². The van der Waals surface area contributed by atoms with Crippen LogP contribution in [-0.2, 0) is 15.8 Å². The van der Waals surface area contributed by atoms with Crippen molar-refractivity contribution in [3.05, 3.63) is 60.0 Å². The summed E-state index contributed by atoms with van der Waals surface area (Å²) >= 11 is 0. The first-order valence-electron chi connectivity index (χ1n) is 10.4. The molecule has 0 saturated carbocycles. The summed E-state index contributed by atoms with van der Waals surface area (Å²) in [6.45, 7) is 18.0. The molecule has 0 aliphatic carbocycles. The number of benzene rings is 1. The number of aliphatic hydroxyl groups is 1. The minimum Gasteiger partial charge on any atom is -0.410 e. The molecule has 5 heteroatoms. The molecule has 0 aliphatic rings. The Balaban J connectivity index is 2.56. The van der Waals surface area contributed by atoms with Gasteiger partial charge in [-0.05, 0) is 62.0 Å². The fourth-order valence-corrected chi connectivity index (χ4v) is 4.04. The Morgan fingerprint density at radius 2 is 1.86 bits per heavy atom. The lowest BCUT2D eigenvalue weighted by Gasteiger charge is -2.38. The van der Waals surface area contributed by atoms with Crippen LogP contribution in [0.25, 0.3) is 0 Å². The molecule has 29 heavy (non-hydrogen) atoms. The molecule has 0 spiro atoms. The van der Waals surface area contributed by atoms with Gasteiger partial charge in [0, 0.05) is 6.61 Å². The topological polar surface area (TPSA) is 38.7 Å². The van der Waals surface area contributed by atoms with E-state index in [4.69, 9.17) is 9.16 Å². The van der Waals surface area contributed by atoms with Crippen molar-refractivity contribution in [2.24, 2.45) is 0 Å². The minimum absolute atomic E-state index is 0.0546. The maximum atomic E-state index is 12.9. The molecule has 164 valence electrons. The van der Waals surface area contributed by atoms with Gasteiger partial charge in [0.15, 0.2) is 8.32 Å². The molecule has 1 rings (SSSR count). The standard InChI is InChI=1S/C24H39FO3Si/c1-8-23(28-29(6,7)24(3,4)5)17-21(16-19(2)26)10-9-15-27-18-20-11-13-22(25)14-12-20/h8,11-14,16,19,23,26H,1,9-10,15,17-18H2,2-7H3/b21-16+/t19-,23?/m1/s1. The van der Waals surface area contributed by atoms with Gasteiger partial charge in [-0.3, -0.25) is 0 Å². The zero-order valence-electron chi connectivity index (χ0n) is 19.0. The van der Waals surface area contributed by atoms with Crippen molar-refractivity contribution in [2.45, 2.75) is 83.9 Å². The van der Waals surface area contributed by atoms with Crippen molar-refractivity contribution < 1.29 is 18.7 Å². The van der Waals surface area contributed by atoms with Gasteiger partial charge in [-0.25, -0.2) is 4.39 Å². The van der Waals surface area contributed by atoms with Gasteiger partial charge in [-0.2, -0.15) is 0 Å². The lowest BCUT2D eigenvalue weighted by Crippen LogP contribution is -2.43. The summed E-state index contributed by atoms with van der Waals surface area (Å²) in [6, 6.07) is 6.36. The molecular weight excluding hydrogens is 383 g/mol. The SMILES string of the molecule is C=CC(C/C(=C/[C@@H](C)O)CCCOCc1ccc(F)cc1)O[Si](C)(C)C(C)(C)C. The molecule has 1 unspecified atom stereocenters. The first kappa shape index (κ1) is 25.8. The lowest BCUT2D eigenvalue weighted by molar-refractivity contribution is 0.118. The lowest BCUT2D eigenvalue weighted by atomic mass is 10.0. The van der Waals surface area contributed by atoms with Crippen LogP contribution in [0.4, 0.5) is 4.39 Å². The van der Waals surface area contributed by atoms with Crippen molar-refractivity contribution in [1.29, 1.82) is 0 Å². The van der Waals surface area contributed by atoms with Gasteiger partial charge in [0.05, 0.1) is 18.8 Å². The van der Waals surface area contributed by atoms with E-state index in [1.54, 1.807) is 19.1 Å². The van der Waals surface area contributed by atoms with Crippen LogP contribution >= 0.6 is 0 Å². The molecular formula is C24H39FO3Si. The van der Waals surface area contributed by atoms with Crippen molar-refractivity contribution >= 4 is 8.32 Å². The predicted octanol–water partition coefficient (Wildman–Crippen LogP) is 6.40. The van der Waals surface area contributed by atoms with E-state index in [9.17, 15) is 9.50 Å². The molecule has 0 bridgehead atoms. The molecule has 0 radical (unpaired) electrons. The van der Waals surface area contributed by atoms with Crippen LogP contribution in [0.5, 0.6) is 0 Å². The summed E-state index contributed by atoms with van der Waals surface area (Å²) in [5, 5.41) is 9.98. The quantitative estimate of drug-likeness (QED) is 0.241. The summed E-state index contributed by atoms with van der Waals surface area (Å²) in [5.74, 6) is -0.238. The van der Waals surface area contributed by atoms with Crippen LogP contribution in [0.1, 0.15) is 52.5 Å². The Labute approximate surface area is 177 Å². The molecule has 0 aliphatic heterocycles. The van der Waals surface area contributed by atoms with Gasteiger partial charge in [0.2, 0.25) is 0 Å². The van der Waals surface area contributed by atoms with E-state index in [0.717, 1.165) is 30.4 Å². The highest BCUT2D eigenvalue weighted by Crippen LogP contribution is 2.38. The Morgan fingerprint density at radius 1 is 1.24 bits per heavy atom. The first-order chi connectivity index (χ1) is 13.4. The van der Waals surface area contributed by atoms with Crippen molar-refractivity contribution in [3.8, 4) is 0 Å². The zero-order valence-corrected chi connectivity index (χ0v) is 20.0. The van der Waals surface area contributed by atoms with E-state index in [1.807, 2.05) is 12.2 Å². The van der Waals surface area contributed by atoms with Crippen LogP contribution in [0.2, 0.25) is 18.1 Å². The number of rotatable bonds is 12. The second kappa shape index (κ2) is 11.8. The van der Waals surface area contributed by atoms with Gasteiger partial charge in [0.25, 0.3) is 0 Å². The Kier molecular flexibility index (Phi) is 10.5. The van der Waals surface area contributed by atoms with Crippen molar-refractivity contribution in [1.82, 2.24) is 0 Å². The average molecular weight is 423 g/mol. The smallest absolute Gasteiger partial charge is 0.192 e. The second-order valence-electron chi connectivity index (χ2n) is 9.20. The normalized spacial score (nSPS) is 15.2. The van der Waals surface area contributed by atoms with Gasteiger partial charge in [-0.1, -0.05) is 50.6 Å². The number of hydrogen-bond acceptors (Lipinski definition) is 3. The Morgan fingerprint density at radius 3 is 2.38 bits per heavy atom. The maximum absolute atomic E-state index is 12.9. The largest absolute Gasteiger partial charge is 0.410 e. The molecule has 0 fully saturated rings. The van der Waals surface area contributed by atoms with E-state index in [2.05, 4.69) is 40.4 Å². The highest BCUT2D eigenvalue weighted by Gasteiger charge is 2.38.